The van der Waals surface area contributed by atoms with Crippen LogP contribution in [0.15, 0.2) is 22.7 Å². The third-order valence-electron chi connectivity index (χ3n) is 3.61. The van der Waals surface area contributed by atoms with Gasteiger partial charge in [0.25, 0.3) is 0 Å². The molecule has 0 spiro atoms. The first-order valence-corrected chi connectivity index (χ1v) is 7.30. The van der Waals surface area contributed by atoms with Crippen LogP contribution in [0.2, 0.25) is 0 Å². The van der Waals surface area contributed by atoms with E-state index < -0.39 is 0 Å². The molecule has 2 heterocycles. The molecule has 2 aromatic heterocycles. The Morgan fingerprint density at radius 3 is 2.75 bits per heavy atom. The van der Waals surface area contributed by atoms with Crippen molar-refractivity contribution in [2.45, 2.75) is 51.6 Å². The number of hydrogen-bond donors (Lipinski definition) is 1. The Morgan fingerprint density at radius 2 is 2.10 bits per heavy atom. The Labute approximate surface area is 120 Å². The molecule has 1 aliphatic rings. The van der Waals surface area contributed by atoms with Crippen LogP contribution in [0.1, 0.15) is 45.1 Å². The first-order chi connectivity index (χ1) is 9.43. The molecule has 20 heavy (non-hydrogen) atoms. The van der Waals surface area contributed by atoms with Gasteiger partial charge in [0.2, 0.25) is 0 Å². The molecular weight excluding hydrogens is 250 g/mol. The highest BCUT2D eigenvalue weighted by Crippen LogP contribution is 2.32. The summed E-state index contributed by atoms with van der Waals surface area (Å²) in [7, 11) is 1.96. The zero-order valence-corrected chi connectivity index (χ0v) is 12.7. The summed E-state index contributed by atoms with van der Waals surface area (Å²) in [6.07, 6.45) is 4.63. The molecule has 0 radical (unpaired) electrons. The van der Waals surface area contributed by atoms with E-state index in [-0.39, 0.29) is 5.41 Å². The van der Waals surface area contributed by atoms with E-state index in [0.29, 0.717) is 6.04 Å². The van der Waals surface area contributed by atoms with Gasteiger partial charge in [0, 0.05) is 24.7 Å². The lowest BCUT2D eigenvalue weighted by atomic mass is 9.89. The summed E-state index contributed by atoms with van der Waals surface area (Å²) in [4.78, 5) is 0. The maximum absolute atomic E-state index is 5.98. The number of nitrogens with zero attached hydrogens (tertiary/aromatic N) is 2. The number of rotatable bonds is 4. The van der Waals surface area contributed by atoms with Gasteiger partial charge in [0.05, 0.1) is 17.8 Å². The van der Waals surface area contributed by atoms with Crippen LogP contribution in [0, 0.1) is 0 Å². The summed E-state index contributed by atoms with van der Waals surface area (Å²) in [5, 5.41) is 8.07. The minimum Gasteiger partial charge on any atom is -0.460 e. The second-order valence-electron chi connectivity index (χ2n) is 6.74. The smallest absolute Gasteiger partial charge is 0.137 e. The molecule has 4 heteroatoms. The average Bonchev–Trinajstić information content (AvgIpc) is 2.91. The molecule has 2 aromatic rings. The van der Waals surface area contributed by atoms with E-state index in [1.54, 1.807) is 0 Å². The summed E-state index contributed by atoms with van der Waals surface area (Å²) < 4.78 is 7.84. The Kier molecular flexibility index (Phi) is 3.21. The fourth-order valence-corrected chi connectivity index (χ4v) is 2.37. The van der Waals surface area contributed by atoms with E-state index >= 15 is 0 Å². The lowest BCUT2D eigenvalue weighted by molar-refractivity contribution is 0.490. The van der Waals surface area contributed by atoms with Gasteiger partial charge in [-0.1, -0.05) is 20.8 Å². The minimum absolute atomic E-state index is 0.00973. The van der Waals surface area contributed by atoms with Crippen molar-refractivity contribution in [3.05, 3.63) is 29.8 Å². The van der Waals surface area contributed by atoms with Crippen molar-refractivity contribution in [3.8, 4) is 11.3 Å². The van der Waals surface area contributed by atoms with Crippen LogP contribution in [0.25, 0.3) is 11.3 Å². The van der Waals surface area contributed by atoms with Crippen molar-refractivity contribution < 1.29 is 4.42 Å². The van der Waals surface area contributed by atoms with E-state index in [4.69, 9.17) is 4.42 Å². The third kappa shape index (κ3) is 2.80. The van der Waals surface area contributed by atoms with Crippen LogP contribution >= 0.6 is 0 Å². The first kappa shape index (κ1) is 13.4. The normalized spacial score (nSPS) is 15.8. The highest BCUT2D eigenvalue weighted by Gasteiger charge is 2.25. The number of furan rings is 1. The Morgan fingerprint density at radius 1 is 1.35 bits per heavy atom. The average molecular weight is 273 g/mol. The van der Waals surface area contributed by atoms with E-state index in [0.717, 1.165) is 29.3 Å². The predicted molar refractivity (Wildman–Crippen MR) is 79.5 cm³/mol. The standard InChI is InChI=1S/C16H23N3O/c1-16(2,3)15-13(10-19(4)18-15)14-8-7-12(20-14)9-17-11-5-6-11/h7-8,10-11,17H,5-6,9H2,1-4H3. The molecule has 0 unspecified atom stereocenters. The molecule has 3 rings (SSSR count). The maximum atomic E-state index is 5.98. The van der Waals surface area contributed by atoms with E-state index in [1.807, 2.05) is 17.9 Å². The van der Waals surface area contributed by atoms with Crippen LogP contribution in [-0.4, -0.2) is 15.8 Å². The van der Waals surface area contributed by atoms with Crippen molar-refractivity contribution in [3.63, 3.8) is 0 Å². The fraction of sp³-hybridized carbons (Fsp3) is 0.562. The number of nitrogens with one attached hydrogen (secondary N) is 1. The van der Waals surface area contributed by atoms with Crippen molar-refractivity contribution in [1.29, 1.82) is 0 Å². The Hall–Kier alpha value is -1.55. The van der Waals surface area contributed by atoms with Gasteiger partial charge in [-0.05, 0) is 25.0 Å². The SMILES string of the molecule is Cn1cc(-c2ccc(CNC3CC3)o2)c(C(C)(C)C)n1. The van der Waals surface area contributed by atoms with Gasteiger partial charge >= 0.3 is 0 Å². The van der Waals surface area contributed by atoms with Gasteiger partial charge in [-0.3, -0.25) is 4.68 Å². The predicted octanol–water partition coefficient (Wildman–Crippen LogP) is 3.23. The van der Waals surface area contributed by atoms with Gasteiger partial charge in [0.15, 0.2) is 0 Å². The second-order valence-corrected chi connectivity index (χ2v) is 6.74. The Balaban J connectivity index is 1.84. The molecule has 1 fully saturated rings. The maximum Gasteiger partial charge on any atom is 0.137 e. The molecule has 1 aliphatic carbocycles. The van der Waals surface area contributed by atoms with Gasteiger partial charge in [-0.15, -0.1) is 0 Å². The molecule has 0 aliphatic heterocycles. The lowest BCUT2D eigenvalue weighted by Gasteiger charge is -2.16. The summed E-state index contributed by atoms with van der Waals surface area (Å²) in [5.74, 6) is 1.91. The van der Waals surface area contributed by atoms with Crippen molar-refractivity contribution in [1.82, 2.24) is 15.1 Å². The molecular formula is C16H23N3O. The van der Waals surface area contributed by atoms with Crippen LogP contribution < -0.4 is 5.32 Å². The van der Waals surface area contributed by atoms with Crippen LogP contribution in [-0.2, 0) is 19.0 Å². The van der Waals surface area contributed by atoms with E-state index in [9.17, 15) is 0 Å². The Bertz CT molecular complexity index is 600. The first-order valence-electron chi connectivity index (χ1n) is 7.30. The number of hydrogen-bond acceptors (Lipinski definition) is 3. The minimum atomic E-state index is 0.00973. The summed E-state index contributed by atoms with van der Waals surface area (Å²) in [5.41, 5.74) is 2.18. The molecule has 1 saturated carbocycles. The molecule has 0 aromatic carbocycles. The monoisotopic (exact) mass is 273 g/mol. The summed E-state index contributed by atoms with van der Waals surface area (Å²) >= 11 is 0. The molecule has 0 bridgehead atoms. The molecule has 0 atom stereocenters. The van der Waals surface area contributed by atoms with Crippen molar-refractivity contribution in [2.24, 2.45) is 7.05 Å². The molecule has 0 amide bonds. The quantitative estimate of drug-likeness (QED) is 0.930. The summed E-state index contributed by atoms with van der Waals surface area (Å²) in [6, 6.07) is 4.81. The van der Waals surface area contributed by atoms with Crippen LogP contribution in [0.3, 0.4) is 0 Å². The van der Waals surface area contributed by atoms with E-state index in [2.05, 4.69) is 43.3 Å². The lowest BCUT2D eigenvalue weighted by Crippen LogP contribution is -2.14. The van der Waals surface area contributed by atoms with Crippen LogP contribution in [0.5, 0.6) is 0 Å². The highest BCUT2D eigenvalue weighted by atomic mass is 16.3. The number of aryl methyl sites for hydroxylation is 1. The van der Waals surface area contributed by atoms with Crippen molar-refractivity contribution >= 4 is 0 Å². The van der Waals surface area contributed by atoms with Crippen LogP contribution in [0.4, 0.5) is 0 Å². The van der Waals surface area contributed by atoms with Crippen molar-refractivity contribution in [2.75, 3.05) is 0 Å². The van der Waals surface area contributed by atoms with Gasteiger partial charge in [0.1, 0.15) is 11.5 Å². The van der Waals surface area contributed by atoms with E-state index in [1.165, 1.54) is 12.8 Å². The largest absolute Gasteiger partial charge is 0.460 e. The van der Waals surface area contributed by atoms with Gasteiger partial charge < -0.3 is 9.73 Å². The van der Waals surface area contributed by atoms with Gasteiger partial charge in [-0.25, -0.2) is 0 Å². The fourth-order valence-electron chi connectivity index (χ4n) is 2.37. The molecule has 0 saturated heterocycles. The zero-order chi connectivity index (χ0) is 14.3. The third-order valence-corrected chi connectivity index (χ3v) is 3.61. The second kappa shape index (κ2) is 4.77. The zero-order valence-electron chi connectivity index (χ0n) is 12.7. The molecule has 108 valence electrons. The number of aromatic nitrogens is 2. The summed E-state index contributed by atoms with van der Waals surface area (Å²) in [6.45, 7) is 7.35. The molecule has 1 N–H and O–H groups in total. The van der Waals surface area contributed by atoms with Gasteiger partial charge in [-0.2, -0.15) is 5.10 Å². The molecule has 4 nitrogen and oxygen atoms in total. The highest BCUT2D eigenvalue weighted by molar-refractivity contribution is 5.61. The topological polar surface area (TPSA) is 43.0 Å².